The highest BCUT2D eigenvalue weighted by molar-refractivity contribution is 5.79. The van der Waals surface area contributed by atoms with Crippen LogP contribution >= 0.6 is 0 Å². The average Bonchev–Trinajstić information content (AvgIpc) is 2.85. The Hall–Kier alpha value is -1.46. The van der Waals surface area contributed by atoms with Crippen LogP contribution in [-0.4, -0.2) is 44.2 Å². The molecule has 4 nitrogen and oxygen atoms in total. The second kappa shape index (κ2) is 7.52. The molecule has 1 aromatic rings. The molecule has 1 aromatic carbocycles. The molecule has 21 heavy (non-hydrogen) atoms. The van der Waals surface area contributed by atoms with Crippen LogP contribution < -0.4 is 5.32 Å². The Bertz CT molecular complexity index is 481. The quantitative estimate of drug-likeness (QED) is 0.816. The number of carbonyl (C=O) groups is 1. The maximum absolute atomic E-state index is 13.4. The number of nitrogens with zero attached hydrogens (tertiary/aromatic N) is 1. The first kappa shape index (κ1) is 15.9. The van der Waals surface area contributed by atoms with Gasteiger partial charge in [0.1, 0.15) is 5.82 Å². The summed E-state index contributed by atoms with van der Waals surface area (Å²) in [5.74, 6) is 0.150. The van der Waals surface area contributed by atoms with Crippen molar-refractivity contribution in [2.75, 3.05) is 33.4 Å². The first-order chi connectivity index (χ1) is 10.1. The fourth-order valence-corrected chi connectivity index (χ4v) is 2.90. The molecule has 1 aliphatic heterocycles. The fourth-order valence-electron chi connectivity index (χ4n) is 2.90. The standard InChI is InChI=1S/C16H23FN2O2/c1-12-6-8-19(15(20)11-18-7-9-21-2)16(12)13-4-3-5-14(17)10-13/h3-5,10,12,16,18H,6-9,11H2,1-2H3. The molecule has 116 valence electrons. The van der Waals surface area contributed by atoms with Crippen LogP contribution in [0.15, 0.2) is 24.3 Å². The second-order valence-electron chi connectivity index (χ2n) is 5.52. The molecule has 1 heterocycles. The van der Waals surface area contributed by atoms with Gasteiger partial charge in [-0.3, -0.25) is 4.79 Å². The summed E-state index contributed by atoms with van der Waals surface area (Å²) in [6, 6.07) is 6.54. The number of hydrogen-bond acceptors (Lipinski definition) is 3. The van der Waals surface area contributed by atoms with Gasteiger partial charge in [-0.2, -0.15) is 0 Å². The number of rotatable bonds is 6. The zero-order chi connectivity index (χ0) is 15.2. The highest BCUT2D eigenvalue weighted by Crippen LogP contribution is 2.36. The van der Waals surface area contributed by atoms with Crippen LogP contribution in [0.4, 0.5) is 4.39 Å². The van der Waals surface area contributed by atoms with Crippen molar-refractivity contribution in [1.29, 1.82) is 0 Å². The Morgan fingerprint density at radius 2 is 2.33 bits per heavy atom. The first-order valence-corrected chi connectivity index (χ1v) is 7.38. The third kappa shape index (κ3) is 4.02. The van der Waals surface area contributed by atoms with Crippen molar-refractivity contribution in [2.24, 2.45) is 5.92 Å². The zero-order valence-electron chi connectivity index (χ0n) is 12.6. The molecular weight excluding hydrogens is 271 g/mol. The van der Waals surface area contributed by atoms with Gasteiger partial charge >= 0.3 is 0 Å². The van der Waals surface area contributed by atoms with E-state index in [4.69, 9.17) is 4.74 Å². The highest BCUT2D eigenvalue weighted by atomic mass is 19.1. The van der Waals surface area contributed by atoms with Crippen LogP contribution in [-0.2, 0) is 9.53 Å². The van der Waals surface area contributed by atoms with Crippen molar-refractivity contribution >= 4 is 5.91 Å². The molecule has 1 N–H and O–H groups in total. The monoisotopic (exact) mass is 294 g/mol. The Morgan fingerprint density at radius 1 is 1.52 bits per heavy atom. The zero-order valence-corrected chi connectivity index (χ0v) is 12.6. The summed E-state index contributed by atoms with van der Waals surface area (Å²) in [6.07, 6.45) is 0.949. The van der Waals surface area contributed by atoms with Gasteiger partial charge in [0.15, 0.2) is 0 Å². The largest absolute Gasteiger partial charge is 0.383 e. The Labute approximate surface area is 125 Å². The normalized spacial score (nSPS) is 21.8. The molecule has 0 spiro atoms. The van der Waals surface area contributed by atoms with Crippen LogP contribution in [0.2, 0.25) is 0 Å². The summed E-state index contributed by atoms with van der Waals surface area (Å²) < 4.78 is 18.4. The predicted octanol–water partition coefficient (Wildman–Crippen LogP) is 1.97. The number of amides is 1. The highest BCUT2D eigenvalue weighted by Gasteiger charge is 2.35. The van der Waals surface area contributed by atoms with E-state index in [-0.39, 0.29) is 17.8 Å². The van der Waals surface area contributed by atoms with Crippen LogP contribution in [0, 0.1) is 11.7 Å². The van der Waals surface area contributed by atoms with E-state index >= 15 is 0 Å². The molecule has 0 bridgehead atoms. The molecule has 1 fully saturated rings. The lowest BCUT2D eigenvalue weighted by atomic mass is 9.95. The van der Waals surface area contributed by atoms with Crippen molar-refractivity contribution < 1.29 is 13.9 Å². The molecule has 2 rings (SSSR count). The van der Waals surface area contributed by atoms with E-state index in [1.165, 1.54) is 12.1 Å². The van der Waals surface area contributed by atoms with E-state index in [1.807, 2.05) is 11.0 Å². The molecule has 0 aliphatic carbocycles. The van der Waals surface area contributed by atoms with E-state index in [0.717, 1.165) is 18.5 Å². The van der Waals surface area contributed by atoms with Gasteiger partial charge in [0, 0.05) is 20.2 Å². The molecule has 5 heteroatoms. The number of methoxy groups -OCH3 is 1. The Kier molecular flexibility index (Phi) is 5.70. The smallest absolute Gasteiger partial charge is 0.237 e. The third-order valence-electron chi connectivity index (χ3n) is 3.97. The maximum Gasteiger partial charge on any atom is 0.237 e. The first-order valence-electron chi connectivity index (χ1n) is 7.38. The van der Waals surface area contributed by atoms with E-state index in [9.17, 15) is 9.18 Å². The third-order valence-corrected chi connectivity index (χ3v) is 3.97. The summed E-state index contributed by atoms with van der Waals surface area (Å²) in [5, 5.41) is 3.07. The Morgan fingerprint density at radius 3 is 3.05 bits per heavy atom. The van der Waals surface area contributed by atoms with Crippen molar-refractivity contribution in [3.8, 4) is 0 Å². The van der Waals surface area contributed by atoms with Gasteiger partial charge < -0.3 is 15.0 Å². The van der Waals surface area contributed by atoms with E-state index in [1.54, 1.807) is 13.2 Å². The van der Waals surface area contributed by atoms with Gasteiger partial charge in [-0.15, -0.1) is 0 Å². The number of hydrogen-bond donors (Lipinski definition) is 1. The summed E-state index contributed by atoms with van der Waals surface area (Å²) >= 11 is 0. The number of carbonyl (C=O) groups excluding carboxylic acids is 1. The summed E-state index contributed by atoms with van der Waals surface area (Å²) in [4.78, 5) is 14.2. The minimum absolute atomic E-state index is 0.0302. The molecule has 1 saturated heterocycles. The molecule has 0 radical (unpaired) electrons. The molecule has 1 aliphatic rings. The number of ether oxygens (including phenoxy) is 1. The molecule has 0 saturated carbocycles. The van der Waals surface area contributed by atoms with Gasteiger partial charge in [-0.25, -0.2) is 4.39 Å². The van der Waals surface area contributed by atoms with E-state index in [2.05, 4.69) is 12.2 Å². The fraction of sp³-hybridized carbons (Fsp3) is 0.562. The Balaban J connectivity index is 2.02. The topological polar surface area (TPSA) is 41.6 Å². The summed E-state index contributed by atoms with van der Waals surface area (Å²) in [6.45, 7) is 4.36. The molecule has 2 unspecified atom stereocenters. The second-order valence-corrected chi connectivity index (χ2v) is 5.52. The number of likely N-dealkylation sites (tertiary alicyclic amines) is 1. The van der Waals surface area contributed by atoms with Crippen molar-refractivity contribution in [2.45, 2.75) is 19.4 Å². The van der Waals surface area contributed by atoms with Crippen LogP contribution in [0.1, 0.15) is 24.9 Å². The van der Waals surface area contributed by atoms with Gasteiger partial charge in [-0.1, -0.05) is 19.1 Å². The SMILES string of the molecule is COCCNCC(=O)N1CCC(C)C1c1cccc(F)c1. The lowest BCUT2D eigenvalue weighted by Gasteiger charge is -2.27. The lowest BCUT2D eigenvalue weighted by molar-refractivity contribution is -0.131. The minimum atomic E-state index is -0.253. The van der Waals surface area contributed by atoms with Crippen LogP contribution in [0.3, 0.4) is 0 Å². The van der Waals surface area contributed by atoms with Gasteiger partial charge in [-0.05, 0) is 30.0 Å². The van der Waals surface area contributed by atoms with Crippen molar-refractivity contribution in [3.63, 3.8) is 0 Å². The van der Waals surface area contributed by atoms with Crippen LogP contribution in [0.5, 0.6) is 0 Å². The molecular formula is C16H23FN2O2. The maximum atomic E-state index is 13.4. The molecule has 2 atom stereocenters. The summed E-state index contributed by atoms with van der Waals surface area (Å²) in [7, 11) is 1.63. The van der Waals surface area contributed by atoms with Crippen molar-refractivity contribution in [1.82, 2.24) is 10.2 Å². The van der Waals surface area contributed by atoms with Crippen LogP contribution in [0.25, 0.3) is 0 Å². The number of benzene rings is 1. The number of halogens is 1. The van der Waals surface area contributed by atoms with Gasteiger partial charge in [0.2, 0.25) is 5.91 Å². The average molecular weight is 294 g/mol. The van der Waals surface area contributed by atoms with Crippen molar-refractivity contribution in [3.05, 3.63) is 35.6 Å². The van der Waals surface area contributed by atoms with E-state index in [0.29, 0.717) is 25.6 Å². The predicted molar refractivity (Wildman–Crippen MR) is 79.4 cm³/mol. The molecule has 0 aromatic heterocycles. The van der Waals surface area contributed by atoms with Gasteiger partial charge in [0.25, 0.3) is 0 Å². The minimum Gasteiger partial charge on any atom is -0.383 e. The lowest BCUT2D eigenvalue weighted by Crippen LogP contribution is -2.39. The van der Waals surface area contributed by atoms with Gasteiger partial charge in [0.05, 0.1) is 19.2 Å². The summed E-state index contributed by atoms with van der Waals surface area (Å²) in [5.41, 5.74) is 0.880. The number of nitrogens with one attached hydrogen (secondary N) is 1. The molecule has 1 amide bonds. The van der Waals surface area contributed by atoms with E-state index < -0.39 is 0 Å².